The molecule has 0 atom stereocenters. The van der Waals surface area contributed by atoms with Gasteiger partial charge in [0.05, 0.1) is 30.0 Å². The minimum absolute atomic E-state index is 0.207. The number of pyridine rings is 3. The van der Waals surface area contributed by atoms with E-state index in [-0.39, 0.29) is 5.56 Å². The molecule has 6 rings (SSSR count). The molecule has 2 fully saturated rings. The van der Waals surface area contributed by atoms with Crippen LogP contribution < -0.4 is 19.9 Å². The summed E-state index contributed by atoms with van der Waals surface area (Å²) in [7, 11) is 0. The smallest absolute Gasteiger partial charge is 0.416 e. The zero-order valence-corrected chi connectivity index (χ0v) is 18.9. The highest BCUT2D eigenvalue weighted by Crippen LogP contribution is 2.41. The Morgan fingerprint density at radius 2 is 1.83 bits per heavy atom. The summed E-state index contributed by atoms with van der Waals surface area (Å²) in [6.45, 7) is 1.67. The van der Waals surface area contributed by atoms with E-state index in [0.717, 1.165) is 19.0 Å². The minimum Gasteiger partial charge on any atom is -0.486 e. The van der Waals surface area contributed by atoms with E-state index in [4.69, 9.17) is 14.2 Å². The Labute approximate surface area is 199 Å². The number of aromatic nitrogens is 3. The van der Waals surface area contributed by atoms with Gasteiger partial charge >= 0.3 is 6.09 Å². The van der Waals surface area contributed by atoms with E-state index >= 15 is 0 Å². The number of carbonyl (C=O) groups is 1. The Morgan fingerprint density at radius 3 is 2.66 bits per heavy atom. The fourth-order valence-electron chi connectivity index (χ4n) is 4.93. The third-order valence-electron chi connectivity index (χ3n) is 6.83. The number of carbonyl (C=O) groups excluding carboxylic acids is 1. The van der Waals surface area contributed by atoms with Gasteiger partial charge in [-0.3, -0.25) is 14.7 Å². The van der Waals surface area contributed by atoms with Crippen molar-refractivity contribution >= 4 is 22.9 Å². The Balaban J connectivity index is 1.16. The molecule has 3 aromatic rings. The first-order chi connectivity index (χ1) is 17.0. The number of nitrogens with zero attached hydrogens (tertiary/aromatic N) is 4. The number of rotatable bonds is 3. The van der Waals surface area contributed by atoms with Crippen molar-refractivity contribution in [2.45, 2.75) is 37.8 Å². The number of ether oxygens (including phenoxy) is 3. The molecule has 180 valence electrons. The van der Waals surface area contributed by atoms with E-state index in [0.29, 0.717) is 67.5 Å². The van der Waals surface area contributed by atoms with Gasteiger partial charge in [0.1, 0.15) is 30.4 Å². The van der Waals surface area contributed by atoms with Crippen LogP contribution in [-0.2, 0) is 11.3 Å². The van der Waals surface area contributed by atoms with E-state index in [1.807, 2.05) is 6.08 Å². The van der Waals surface area contributed by atoms with Gasteiger partial charge < -0.3 is 18.8 Å². The molecular weight excluding hydrogens is 455 g/mol. The molecule has 0 aromatic carbocycles. The number of halogens is 1. The second kappa shape index (κ2) is 8.37. The molecule has 3 aliphatic rings. The molecule has 5 heterocycles. The standard InChI is InChI=1S/C25H23FN4O5/c26-17-11-19-18(27-13-17)1-2-23(31)29(19)8-5-16-3-6-25(7-4-16)15-30(24(32)35-25)22-12-20-21(14-28-22)34-10-9-33-20/h1-2,5,11-14H,3-4,6-10,15H2. The maximum atomic E-state index is 13.7. The number of hydrogen-bond donors (Lipinski definition) is 0. The van der Waals surface area contributed by atoms with Gasteiger partial charge in [-0.25, -0.2) is 14.2 Å². The van der Waals surface area contributed by atoms with Crippen molar-refractivity contribution in [3.63, 3.8) is 0 Å². The fourth-order valence-corrected chi connectivity index (χ4v) is 4.93. The van der Waals surface area contributed by atoms with Crippen molar-refractivity contribution < 1.29 is 23.4 Å². The van der Waals surface area contributed by atoms with E-state index in [1.54, 1.807) is 23.2 Å². The molecule has 1 saturated carbocycles. The van der Waals surface area contributed by atoms with Crippen LogP contribution in [-0.4, -0.2) is 46.0 Å². The van der Waals surface area contributed by atoms with Crippen molar-refractivity contribution in [2.75, 3.05) is 24.7 Å². The molecule has 0 radical (unpaired) electrons. The van der Waals surface area contributed by atoms with Crippen LogP contribution in [0.4, 0.5) is 15.0 Å². The molecule has 35 heavy (non-hydrogen) atoms. The maximum absolute atomic E-state index is 13.7. The monoisotopic (exact) mass is 478 g/mol. The number of fused-ring (bicyclic) bond motifs is 2. The first-order valence-electron chi connectivity index (χ1n) is 11.6. The molecular formula is C25H23FN4O5. The highest BCUT2D eigenvalue weighted by molar-refractivity contribution is 5.89. The number of amides is 1. The van der Waals surface area contributed by atoms with Crippen LogP contribution in [0.3, 0.4) is 0 Å². The maximum Gasteiger partial charge on any atom is 0.416 e. The summed E-state index contributed by atoms with van der Waals surface area (Å²) in [4.78, 5) is 35.1. The first-order valence-corrected chi connectivity index (χ1v) is 11.6. The molecule has 9 nitrogen and oxygen atoms in total. The largest absolute Gasteiger partial charge is 0.486 e. The van der Waals surface area contributed by atoms with Gasteiger partial charge in [-0.1, -0.05) is 11.6 Å². The third-order valence-corrected chi connectivity index (χ3v) is 6.83. The second-order valence-corrected chi connectivity index (χ2v) is 9.03. The summed E-state index contributed by atoms with van der Waals surface area (Å²) < 4.78 is 32.2. The zero-order chi connectivity index (χ0) is 24.0. The Kier molecular flexibility index (Phi) is 5.16. The van der Waals surface area contributed by atoms with Crippen LogP contribution in [0.25, 0.3) is 11.0 Å². The Morgan fingerprint density at radius 1 is 1.03 bits per heavy atom. The Bertz CT molecular complexity index is 1410. The van der Waals surface area contributed by atoms with Crippen molar-refractivity contribution in [1.82, 2.24) is 14.5 Å². The lowest BCUT2D eigenvalue weighted by atomic mass is 9.82. The predicted octanol–water partition coefficient (Wildman–Crippen LogP) is 3.60. The van der Waals surface area contributed by atoms with E-state index in [2.05, 4.69) is 9.97 Å². The molecule has 0 unspecified atom stereocenters. The van der Waals surface area contributed by atoms with E-state index in [1.165, 1.54) is 22.3 Å². The van der Waals surface area contributed by atoms with Crippen LogP contribution >= 0.6 is 0 Å². The van der Waals surface area contributed by atoms with Crippen LogP contribution in [0.15, 0.2) is 53.1 Å². The number of hydrogen-bond acceptors (Lipinski definition) is 7. The lowest BCUT2D eigenvalue weighted by Gasteiger charge is -2.32. The van der Waals surface area contributed by atoms with Crippen molar-refractivity contribution in [3.8, 4) is 11.5 Å². The van der Waals surface area contributed by atoms with Crippen molar-refractivity contribution in [2.24, 2.45) is 0 Å². The second-order valence-electron chi connectivity index (χ2n) is 9.03. The summed E-state index contributed by atoms with van der Waals surface area (Å²) in [6.07, 6.45) is 7.12. The first kappa shape index (κ1) is 21.6. The summed E-state index contributed by atoms with van der Waals surface area (Å²) in [6, 6.07) is 6.08. The quantitative estimate of drug-likeness (QED) is 0.531. The molecule has 0 N–H and O–H groups in total. The summed E-state index contributed by atoms with van der Waals surface area (Å²) in [5, 5.41) is 0. The third kappa shape index (κ3) is 3.98. The van der Waals surface area contributed by atoms with Gasteiger partial charge in [-0.2, -0.15) is 0 Å². The van der Waals surface area contributed by atoms with Gasteiger partial charge in [-0.05, 0) is 31.7 Å². The molecule has 1 spiro atoms. The molecule has 2 aliphatic heterocycles. The van der Waals surface area contributed by atoms with Gasteiger partial charge in [0.25, 0.3) is 5.56 Å². The van der Waals surface area contributed by atoms with Crippen LogP contribution in [0.2, 0.25) is 0 Å². The number of allylic oxidation sites excluding steroid dienone is 2. The van der Waals surface area contributed by atoms with Gasteiger partial charge in [0.2, 0.25) is 0 Å². The predicted molar refractivity (Wildman–Crippen MR) is 124 cm³/mol. The normalized spacial score (nSPS) is 21.5. The molecule has 1 amide bonds. The lowest BCUT2D eigenvalue weighted by Crippen LogP contribution is -2.37. The molecule has 1 saturated heterocycles. The van der Waals surface area contributed by atoms with E-state index < -0.39 is 17.5 Å². The van der Waals surface area contributed by atoms with Crippen LogP contribution in [0.5, 0.6) is 11.5 Å². The van der Waals surface area contributed by atoms with Crippen LogP contribution in [0, 0.1) is 5.82 Å². The van der Waals surface area contributed by atoms with Crippen molar-refractivity contribution in [3.05, 3.63) is 64.5 Å². The van der Waals surface area contributed by atoms with Crippen LogP contribution in [0.1, 0.15) is 25.7 Å². The highest BCUT2D eigenvalue weighted by Gasteiger charge is 2.47. The highest BCUT2D eigenvalue weighted by atomic mass is 19.1. The SMILES string of the molecule is O=C1OC2(CCC(=CCn3c(=O)ccc4ncc(F)cc43)CC2)CN1c1cc2c(cn1)OCCO2. The average molecular weight is 478 g/mol. The number of anilines is 1. The zero-order valence-electron chi connectivity index (χ0n) is 18.9. The minimum atomic E-state index is -0.577. The summed E-state index contributed by atoms with van der Waals surface area (Å²) >= 11 is 0. The lowest BCUT2D eigenvalue weighted by molar-refractivity contribution is 0.0346. The Hall–Kier alpha value is -3.95. The molecule has 0 bridgehead atoms. The molecule has 1 aliphatic carbocycles. The molecule has 3 aromatic heterocycles. The van der Waals surface area contributed by atoms with Gasteiger partial charge in [0.15, 0.2) is 11.5 Å². The van der Waals surface area contributed by atoms with Crippen molar-refractivity contribution in [1.29, 1.82) is 0 Å². The molecule has 10 heteroatoms. The fraction of sp³-hybridized carbons (Fsp3) is 0.360. The summed E-state index contributed by atoms with van der Waals surface area (Å²) in [5.74, 6) is 1.14. The average Bonchev–Trinajstić information content (AvgIpc) is 3.19. The van der Waals surface area contributed by atoms with Gasteiger partial charge in [0, 0.05) is 24.7 Å². The topological polar surface area (TPSA) is 95.8 Å². The van der Waals surface area contributed by atoms with E-state index in [9.17, 15) is 14.0 Å². The van der Waals surface area contributed by atoms with Gasteiger partial charge in [-0.15, -0.1) is 0 Å². The summed E-state index contributed by atoms with van der Waals surface area (Å²) in [5.41, 5.74) is 1.43.